The van der Waals surface area contributed by atoms with E-state index in [1.165, 1.54) is 0 Å². The van der Waals surface area contributed by atoms with Crippen molar-refractivity contribution in [2.45, 2.75) is 0 Å². The van der Waals surface area contributed by atoms with Crippen LogP contribution in [0.4, 0.5) is 0 Å². The number of para-hydroxylation sites is 4. The zero-order valence-corrected chi connectivity index (χ0v) is 8.65. The molecule has 0 radical (unpaired) electrons. The molecule has 0 aliphatic heterocycles. The Morgan fingerprint density at radius 1 is 0.800 bits per heavy atom. The van der Waals surface area contributed by atoms with Gasteiger partial charge in [0.15, 0.2) is 0 Å². The fourth-order valence-electron chi connectivity index (χ4n) is 1.71. The van der Waals surface area contributed by atoms with Gasteiger partial charge in [-0.1, -0.05) is 28.4 Å². The maximum atomic E-state index is 6.25. The van der Waals surface area contributed by atoms with E-state index in [2.05, 4.69) is 4.98 Å². The third-order valence-corrected chi connectivity index (χ3v) is 2.79. The molecule has 0 amide bonds. The van der Waals surface area contributed by atoms with Gasteiger partial charge in [-0.05, 0) is 12.1 Å². The van der Waals surface area contributed by atoms with E-state index in [0.29, 0.717) is 0 Å². The van der Waals surface area contributed by atoms with Gasteiger partial charge in [0.2, 0.25) is 0 Å². The quantitative estimate of drug-likeness (QED) is 0.527. The first kappa shape index (κ1) is 8.62. The van der Waals surface area contributed by atoms with Crippen molar-refractivity contribution in [3.63, 3.8) is 0 Å². The molecule has 3 heteroatoms. The molecule has 3 rings (SSSR count). The predicted molar refractivity (Wildman–Crippen MR) is 60.7 cm³/mol. The summed E-state index contributed by atoms with van der Waals surface area (Å²) in [6.07, 6.45) is 0. The highest BCUT2D eigenvalue weighted by molar-refractivity contribution is 6.08. The van der Waals surface area contributed by atoms with Crippen LogP contribution in [0.15, 0.2) is 48.5 Å². The molecular formula is C12H8ClN2+. The molecule has 15 heavy (non-hydrogen) atoms. The van der Waals surface area contributed by atoms with Gasteiger partial charge >= 0.3 is 0 Å². The SMILES string of the molecule is Cl[n+]1c2ccccc2nc2ccccc21. The van der Waals surface area contributed by atoms with Gasteiger partial charge in [0.25, 0.3) is 22.8 Å². The molecule has 72 valence electrons. The van der Waals surface area contributed by atoms with Crippen LogP contribution in [0.5, 0.6) is 0 Å². The molecule has 2 aromatic carbocycles. The van der Waals surface area contributed by atoms with Gasteiger partial charge < -0.3 is 0 Å². The van der Waals surface area contributed by atoms with Gasteiger partial charge in [-0.25, -0.2) is 4.98 Å². The van der Waals surface area contributed by atoms with Gasteiger partial charge in [-0.2, -0.15) is 0 Å². The Bertz CT molecular complexity index is 595. The topological polar surface area (TPSA) is 16.8 Å². The minimum atomic E-state index is 0.909. The second-order valence-electron chi connectivity index (χ2n) is 3.37. The summed E-state index contributed by atoms with van der Waals surface area (Å²) in [5.41, 5.74) is 3.67. The summed E-state index contributed by atoms with van der Waals surface area (Å²) in [6.45, 7) is 0. The number of aromatic nitrogens is 2. The molecule has 3 aromatic rings. The lowest BCUT2D eigenvalue weighted by molar-refractivity contribution is -0.457. The van der Waals surface area contributed by atoms with Gasteiger partial charge in [-0.3, -0.25) is 0 Å². The van der Waals surface area contributed by atoms with E-state index in [-0.39, 0.29) is 0 Å². The van der Waals surface area contributed by atoms with Crippen molar-refractivity contribution in [1.82, 2.24) is 4.98 Å². The second kappa shape index (κ2) is 3.17. The first-order valence-corrected chi connectivity index (χ1v) is 5.06. The molecular weight excluding hydrogens is 208 g/mol. The van der Waals surface area contributed by atoms with Crippen molar-refractivity contribution in [3.8, 4) is 0 Å². The molecule has 0 N–H and O–H groups in total. The van der Waals surface area contributed by atoms with E-state index < -0.39 is 0 Å². The lowest BCUT2D eigenvalue weighted by atomic mass is 10.2. The average molecular weight is 216 g/mol. The number of benzene rings is 2. The molecule has 0 atom stereocenters. The van der Waals surface area contributed by atoms with Gasteiger partial charge in [0.05, 0.1) is 0 Å². The largest absolute Gasteiger partial charge is 0.269 e. The lowest BCUT2D eigenvalue weighted by Gasteiger charge is -1.96. The molecule has 1 heterocycles. The van der Waals surface area contributed by atoms with E-state index in [1.54, 1.807) is 4.09 Å². The summed E-state index contributed by atoms with van der Waals surface area (Å²) in [6, 6.07) is 15.7. The molecule has 0 fully saturated rings. The molecule has 0 saturated heterocycles. The minimum Gasteiger partial charge on any atom is -0.235 e. The van der Waals surface area contributed by atoms with Crippen LogP contribution in [0.2, 0.25) is 0 Å². The fraction of sp³-hybridized carbons (Fsp3) is 0. The summed E-state index contributed by atoms with van der Waals surface area (Å²) in [5.74, 6) is 0. The smallest absolute Gasteiger partial charge is 0.235 e. The second-order valence-corrected chi connectivity index (χ2v) is 3.71. The molecule has 0 bridgehead atoms. The lowest BCUT2D eigenvalue weighted by Crippen LogP contribution is -2.23. The maximum absolute atomic E-state index is 6.25. The number of halogens is 1. The first-order valence-electron chi connectivity index (χ1n) is 4.72. The summed E-state index contributed by atoms with van der Waals surface area (Å²) in [4.78, 5) is 4.53. The molecule has 2 nitrogen and oxygen atoms in total. The van der Waals surface area contributed by atoms with Crippen molar-refractivity contribution in [2.75, 3.05) is 0 Å². The summed E-state index contributed by atoms with van der Waals surface area (Å²) >= 11 is 6.25. The summed E-state index contributed by atoms with van der Waals surface area (Å²) in [5, 5.41) is 0. The van der Waals surface area contributed by atoms with Crippen LogP contribution in [0.25, 0.3) is 22.1 Å². The van der Waals surface area contributed by atoms with Crippen LogP contribution in [-0.2, 0) is 0 Å². The molecule has 1 aromatic heterocycles. The van der Waals surface area contributed by atoms with Crippen LogP contribution >= 0.6 is 11.8 Å². The molecule has 0 aliphatic carbocycles. The highest BCUT2D eigenvalue weighted by atomic mass is 35.5. The molecule has 0 aliphatic rings. The van der Waals surface area contributed by atoms with Crippen LogP contribution < -0.4 is 4.09 Å². The fourth-order valence-corrected chi connectivity index (χ4v) is 1.99. The van der Waals surface area contributed by atoms with Crippen LogP contribution in [0.1, 0.15) is 0 Å². The summed E-state index contributed by atoms with van der Waals surface area (Å²) in [7, 11) is 0. The molecule has 0 unspecified atom stereocenters. The Morgan fingerprint density at radius 3 is 1.80 bits per heavy atom. The van der Waals surface area contributed by atoms with E-state index in [1.807, 2.05) is 48.5 Å². The van der Waals surface area contributed by atoms with Crippen molar-refractivity contribution in [3.05, 3.63) is 48.5 Å². The normalized spacial score (nSPS) is 11.0. The number of fused-ring (bicyclic) bond motifs is 2. The zero-order chi connectivity index (χ0) is 10.3. The van der Waals surface area contributed by atoms with Crippen molar-refractivity contribution in [2.24, 2.45) is 0 Å². The Morgan fingerprint density at radius 2 is 1.27 bits per heavy atom. The van der Waals surface area contributed by atoms with Crippen LogP contribution in [0.3, 0.4) is 0 Å². The Balaban J connectivity index is 2.60. The van der Waals surface area contributed by atoms with Crippen molar-refractivity contribution in [1.29, 1.82) is 0 Å². The molecule has 0 spiro atoms. The standard InChI is InChI=1S/C12H8ClN2/c13-15-11-7-3-1-5-9(11)14-10-6-2-4-8-12(10)15/h1-8H/q+1. The Labute approximate surface area is 91.9 Å². The average Bonchev–Trinajstić information content (AvgIpc) is 2.30. The van der Waals surface area contributed by atoms with Crippen LogP contribution in [-0.4, -0.2) is 4.98 Å². The number of nitrogens with zero attached hydrogens (tertiary/aromatic N) is 2. The highest BCUT2D eigenvalue weighted by Gasteiger charge is 2.13. The van der Waals surface area contributed by atoms with Gasteiger partial charge in [0.1, 0.15) is 11.0 Å². The number of hydrogen-bond donors (Lipinski definition) is 0. The minimum absolute atomic E-state index is 0.909. The Kier molecular flexibility index (Phi) is 1.82. The third kappa shape index (κ3) is 1.26. The van der Waals surface area contributed by atoms with Gasteiger partial charge in [0, 0.05) is 12.1 Å². The van der Waals surface area contributed by atoms with E-state index >= 15 is 0 Å². The van der Waals surface area contributed by atoms with E-state index in [9.17, 15) is 0 Å². The monoisotopic (exact) mass is 215 g/mol. The maximum Gasteiger partial charge on any atom is 0.269 e. The molecule has 0 saturated carbocycles. The number of hydrogen-bond acceptors (Lipinski definition) is 1. The zero-order valence-electron chi connectivity index (χ0n) is 7.89. The van der Waals surface area contributed by atoms with Crippen LogP contribution in [0, 0.1) is 0 Å². The van der Waals surface area contributed by atoms with Crippen molar-refractivity contribution >= 4 is 33.8 Å². The van der Waals surface area contributed by atoms with E-state index in [4.69, 9.17) is 11.8 Å². The first-order chi connectivity index (χ1) is 7.36. The highest BCUT2D eigenvalue weighted by Crippen LogP contribution is 2.14. The third-order valence-electron chi connectivity index (χ3n) is 2.43. The van der Waals surface area contributed by atoms with Gasteiger partial charge in [-0.15, -0.1) is 0 Å². The predicted octanol–water partition coefficient (Wildman–Crippen LogP) is 2.68. The Hall–Kier alpha value is -1.67. The number of rotatable bonds is 0. The van der Waals surface area contributed by atoms with Crippen molar-refractivity contribution < 1.29 is 4.09 Å². The summed E-state index contributed by atoms with van der Waals surface area (Å²) < 4.78 is 1.65. The van der Waals surface area contributed by atoms with E-state index in [0.717, 1.165) is 22.1 Å².